The van der Waals surface area contributed by atoms with Crippen molar-refractivity contribution in [3.8, 4) is 0 Å². The molecule has 3 nitrogen and oxygen atoms in total. The summed E-state index contributed by atoms with van der Waals surface area (Å²) >= 11 is 0. The summed E-state index contributed by atoms with van der Waals surface area (Å²) in [7, 11) is 0. The molecule has 19 heavy (non-hydrogen) atoms. The summed E-state index contributed by atoms with van der Waals surface area (Å²) in [5, 5.41) is 0. The fraction of sp³-hybridized carbons (Fsp3) is 0.375. The first-order valence-corrected chi connectivity index (χ1v) is 6.79. The second-order valence-electron chi connectivity index (χ2n) is 5.47. The van der Waals surface area contributed by atoms with Gasteiger partial charge >= 0.3 is 0 Å². The zero-order valence-corrected chi connectivity index (χ0v) is 10.7. The number of hydrogen-bond acceptors (Lipinski definition) is 3. The molecule has 0 spiro atoms. The third-order valence-electron chi connectivity index (χ3n) is 4.61. The number of hydrogen-bond donors (Lipinski definition) is 0. The fourth-order valence-corrected chi connectivity index (χ4v) is 3.60. The Kier molecular flexibility index (Phi) is 2.13. The number of ether oxygens (including phenoxy) is 1. The number of rotatable bonds is 1. The predicted molar refractivity (Wildman–Crippen MR) is 69.2 cm³/mol. The van der Waals surface area contributed by atoms with Crippen LogP contribution in [0.4, 0.5) is 0 Å². The van der Waals surface area contributed by atoms with E-state index in [1.807, 2.05) is 6.07 Å². The topological polar surface area (TPSA) is 43.4 Å². The molecule has 0 N–H and O–H groups in total. The highest BCUT2D eigenvalue weighted by Crippen LogP contribution is 2.48. The third kappa shape index (κ3) is 1.26. The van der Waals surface area contributed by atoms with Crippen LogP contribution in [0.1, 0.15) is 40.5 Å². The Morgan fingerprint density at radius 1 is 1.16 bits per heavy atom. The van der Waals surface area contributed by atoms with Gasteiger partial charge in [0.1, 0.15) is 0 Å². The number of carbonyl (C=O) groups is 2. The average Bonchev–Trinajstić information content (AvgIpc) is 2.44. The molecule has 3 atom stereocenters. The van der Waals surface area contributed by atoms with Crippen LogP contribution < -0.4 is 0 Å². The van der Waals surface area contributed by atoms with Crippen LogP contribution in [-0.2, 0) is 4.74 Å². The molecule has 2 heterocycles. The Morgan fingerprint density at radius 2 is 1.84 bits per heavy atom. The van der Waals surface area contributed by atoms with Crippen LogP contribution in [0.5, 0.6) is 0 Å². The molecule has 2 aliphatic carbocycles. The van der Waals surface area contributed by atoms with Crippen molar-refractivity contribution < 1.29 is 14.3 Å². The van der Waals surface area contributed by atoms with Crippen LogP contribution in [-0.4, -0.2) is 23.8 Å². The van der Waals surface area contributed by atoms with E-state index >= 15 is 0 Å². The summed E-state index contributed by atoms with van der Waals surface area (Å²) in [6.07, 6.45) is 1.58. The molecule has 1 aromatic carbocycles. The molecule has 3 heteroatoms. The van der Waals surface area contributed by atoms with Crippen LogP contribution in [0.15, 0.2) is 35.4 Å². The molecule has 1 saturated heterocycles. The van der Waals surface area contributed by atoms with Gasteiger partial charge in [0.05, 0.1) is 12.2 Å². The maximum atomic E-state index is 12.6. The van der Waals surface area contributed by atoms with Crippen molar-refractivity contribution in [3.63, 3.8) is 0 Å². The van der Waals surface area contributed by atoms with Gasteiger partial charge in [-0.15, -0.1) is 0 Å². The zero-order valence-electron chi connectivity index (χ0n) is 10.7. The van der Waals surface area contributed by atoms with E-state index < -0.39 is 0 Å². The number of benzene rings is 1. The molecule has 0 radical (unpaired) electrons. The average molecular weight is 254 g/mol. The number of ketones is 2. The molecule has 1 aromatic rings. The van der Waals surface area contributed by atoms with Crippen molar-refractivity contribution >= 4 is 11.6 Å². The van der Waals surface area contributed by atoms with E-state index in [9.17, 15) is 9.59 Å². The molecule has 3 unspecified atom stereocenters. The molecule has 4 aliphatic rings. The lowest BCUT2D eigenvalue weighted by molar-refractivity contribution is -0.172. The van der Waals surface area contributed by atoms with E-state index in [4.69, 9.17) is 4.74 Å². The van der Waals surface area contributed by atoms with Crippen LogP contribution in [0.2, 0.25) is 0 Å². The lowest BCUT2D eigenvalue weighted by Crippen LogP contribution is -2.56. The summed E-state index contributed by atoms with van der Waals surface area (Å²) in [5.74, 6) is 0.422. The first-order chi connectivity index (χ1) is 9.22. The molecular formula is C16H14O3. The van der Waals surface area contributed by atoms with Gasteiger partial charge in [0.2, 0.25) is 0 Å². The maximum Gasteiger partial charge on any atom is 0.192 e. The van der Waals surface area contributed by atoms with Gasteiger partial charge in [0.25, 0.3) is 0 Å². The van der Waals surface area contributed by atoms with E-state index in [-0.39, 0.29) is 23.8 Å². The van der Waals surface area contributed by atoms with Crippen LogP contribution in [0.25, 0.3) is 0 Å². The van der Waals surface area contributed by atoms with Gasteiger partial charge in [-0.2, -0.15) is 0 Å². The van der Waals surface area contributed by atoms with Gasteiger partial charge in [-0.05, 0) is 6.42 Å². The van der Waals surface area contributed by atoms with E-state index in [0.717, 1.165) is 6.42 Å². The van der Waals surface area contributed by atoms with E-state index in [0.29, 0.717) is 34.6 Å². The molecule has 1 fully saturated rings. The zero-order chi connectivity index (χ0) is 13.1. The molecular weight excluding hydrogens is 240 g/mol. The minimum Gasteiger partial charge on any atom is -0.369 e. The highest BCUT2D eigenvalue weighted by molar-refractivity contribution is 6.27. The Balaban J connectivity index is 1.88. The second-order valence-corrected chi connectivity index (χ2v) is 5.47. The Bertz CT molecular complexity index is 641. The van der Waals surface area contributed by atoms with Crippen molar-refractivity contribution in [1.29, 1.82) is 0 Å². The first-order valence-electron chi connectivity index (χ1n) is 6.79. The Hall–Kier alpha value is -1.74. The minimum absolute atomic E-state index is 0.00759. The Morgan fingerprint density at radius 3 is 2.53 bits per heavy atom. The molecule has 96 valence electrons. The summed E-state index contributed by atoms with van der Waals surface area (Å²) < 4.78 is 5.75. The van der Waals surface area contributed by atoms with Crippen molar-refractivity contribution in [2.45, 2.75) is 32.0 Å². The standard InChI is InChI=1S/C16H14O3/c1-2-8-12-7-11-13(16(8)19-12)15(18)10-6-4-3-5-9(10)14(11)17/h3-6,8,12,16H,2,7H2,1H3. The normalized spacial score (nSPS) is 31.7. The second kappa shape index (κ2) is 3.64. The largest absolute Gasteiger partial charge is 0.369 e. The monoisotopic (exact) mass is 254 g/mol. The SMILES string of the molecule is CCC1C2CC3=C(C(=O)c4ccccc4C3=O)C1O2. The first kappa shape index (κ1) is 11.1. The number of Topliss-reactive ketones (excluding diaryl/α,β-unsaturated/α-hetero) is 2. The summed E-state index contributed by atoms with van der Waals surface area (Å²) in [6, 6.07) is 7.10. The minimum atomic E-state index is -0.149. The summed E-state index contributed by atoms with van der Waals surface area (Å²) in [4.78, 5) is 25.1. The smallest absolute Gasteiger partial charge is 0.192 e. The van der Waals surface area contributed by atoms with Crippen molar-refractivity contribution in [1.82, 2.24) is 0 Å². The molecule has 2 aliphatic heterocycles. The Labute approximate surface area is 111 Å². The van der Waals surface area contributed by atoms with Crippen LogP contribution >= 0.6 is 0 Å². The highest BCUT2D eigenvalue weighted by atomic mass is 16.5. The molecule has 0 saturated carbocycles. The highest BCUT2D eigenvalue weighted by Gasteiger charge is 2.53. The van der Waals surface area contributed by atoms with E-state index in [1.54, 1.807) is 18.2 Å². The van der Waals surface area contributed by atoms with Gasteiger partial charge < -0.3 is 4.74 Å². The third-order valence-corrected chi connectivity index (χ3v) is 4.61. The molecule has 0 aromatic heterocycles. The van der Waals surface area contributed by atoms with Gasteiger partial charge in [-0.3, -0.25) is 9.59 Å². The van der Waals surface area contributed by atoms with Gasteiger partial charge in [-0.25, -0.2) is 0 Å². The van der Waals surface area contributed by atoms with Crippen LogP contribution in [0, 0.1) is 5.92 Å². The fourth-order valence-electron chi connectivity index (χ4n) is 3.60. The van der Waals surface area contributed by atoms with Crippen molar-refractivity contribution in [3.05, 3.63) is 46.5 Å². The molecule has 5 rings (SSSR count). The van der Waals surface area contributed by atoms with Gasteiger partial charge in [-0.1, -0.05) is 31.2 Å². The number of carbonyl (C=O) groups excluding carboxylic acids is 2. The number of fused-ring (bicyclic) bond motifs is 1. The van der Waals surface area contributed by atoms with Gasteiger partial charge in [0, 0.05) is 34.6 Å². The molecule has 2 bridgehead atoms. The van der Waals surface area contributed by atoms with Crippen molar-refractivity contribution in [2.24, 2.45) is 5.92 Å². The summed E-state index contributed by atoms with van der Waals surface area (Å²) in [5.41, 5.74) is 2.43. The lowest BCUT2D eigenvalue weighted by Gasteiger charge is -2.51. The van der Waals surface area contributed by atoms with Gasteiger partial charge in [0.15, 0.2) is 11.6 Å². The maximum absolute atomic E-state index is 12.6. The van der Waals surface area contributed by atoms with Crippen molar-refractivity contribution in [2.75, 3.05) is 0 Å². The lowest BCUT2D eigenvalue weighted by atomic mass is 9.67. The van der Waals surface area contributed by atoms with E-state index in [1.165, 1.54) is 0 Å². The van der Waals surface area contributed by atoms with E-state index in [2.05, 4.69) is 6.92 Å². The predicted octanol–water partition coefficient (Wildman–Crippen LogP) is 2.56. The summed E-state index contributed by atoms with van der Waals surface area (Å²) in [6.45, 7) is 2.11. The molecule has 0 amide bonds. The quantitative estimate of drug-likeness (QED) is 0.773. The van der Waals surface area contributed by atoms with Crippen LogP contribution in [0.3, 0.4) is 0 Å².